The van der Waals surface area contributed by atoms with Gasteiger partial charge in [0.2, 0.25) is 5.91 Å². The molecular formula is C11H14N4OS. The third kappa shape index (κ3) is 3.07. The molecule has 0 aliphatic rings. The van der Waals surface area contributed by atoms with E-state index in [4.69, 9.17) is 5.73 Å². The van der Waals surface area contributed by atoms with Gasteiger partial charge in [-0.15, -0.1) is 11.3 Å². The fraction of sp³-hybridized carbons (Fsp3) is 0.273. The van der Waals surface area contributed by atoms with Crippen LogP contribution < -0.4 is 11.1 Å². The van der Waals surface area contributed by atoms with Gasteiger partial charge in [-0.25, -0.2) is 0 Å². The first-order chi connectivity index (χ1) is 8.15. The summed E-state index contributed by atoms with van der Waals surface area (Å²) in [5.74, 6) is -0.0686. The zero-order valence-corrected chi connectivity index (χ0v) is 10.3. The minimum atomic E-state index is -0.0686. The second-order valence-electron chi connectivity index (χ2n) is 3.77. The van der Waals surface area contributed by atoms with Crippen molar-refractivity contribution < 1.29 is 4.79 Å². The van der Waals surface area contributed by atoms with Gasteiger partial charge in [0.1, 0.15) is 6.54 Å². The smallest absolute Gasteiger partial charge is 0.242 e. The van der Waals surface area contributed by atoms with Gasteiger partial charge in [-0.2, -0.15) is 5.10 Å². The SMILES string of the molecule is Cc1ccsc1CNC(=O)Cn1cc(N)cn1. The lowest BCUT2D eigenvalue weighted by Crippen LogP contribution is -2.27. The topological polar surface area (TPSA) is 72.9 Å². The summed E-state index contributed by atoms with van der Waals surface area (Å²) >= 11 is 1.64. The molecule has 0 atom stereocenters. The van der Waals surface area contributed by atoms with Crippen LogP contribution >= 0.6 is 11.3 Å². The van der Waals surface area contributed by atoms with Crippen molar-refractivity contribution in [1.82, 2.24) is 15.1 Å². The Morgan fingerprint density at radius 3 is 3.06 bits per heavy atom. The molecule has 0 saturated heterocycles. The summed E-state index contributed by atoms with van der Waals surface area (Å²) in [4.78, 5) is 12.8. The highest BCUT2D eigenvalue weighted by Crippen LogP contribution is 2.14. The summed E-state index contributed by atoms with van der Waals surface area (Å²) in [5, 5.41) is 8.82. The normalized spacial score (nSPS) is 10.4. The van der Waals surface area contributed by atoms with E-state index in [0.29, 0.717) is 12.2 Å². The number of nitrogen functional groups attached to an aromatic ring is 1. The number of carbonyl (C=O) groups excluding carboxylic acids is 1. The Hall–Kier alpha value is -1.82. The lowest BCUT2D eigenvalue weighted by atomic mass is 10.3. The number of hydrogen-bond acceptors (Lipinski definition) is 4. The molecule has 6 heteroatoms. The number of amides is 1. The number of aromatic nitrogens is 2. The average molecular weight is 250 g/mol. The number of hydrogen-bond donors (Lipinski definition) is 2. The van der Waals surface area contributed by atoms with Crippen molar-refractivity contribution in [2.24, 2.45) is 0 Å². The molecule has 0 unspecified atom stereocenters. The Morgan fingerprint density at radius 2 is 2.47 bits per heavy atom. The van der Waals surface area contributed by atoms with E-state index in [2.05, 4.69) is 10.4 Å². The monoisotopic (exact) mass is 250 g/mol. The molecule has 2 aromatic heterocycles. The second kappa shape index (κ2) is 5.01. The number of nitrogens with two attached hydrogens (primary N) is 1. The lowest BCUT2D eigenvalue weighted by molar-refractivity contribution is -0.122. The maximum atomic E-state index is 11.6. The van der Waals surface area contributed by atoms with Crippen LogP contribution in [-0.2, 0) is 17.9 Å². The van der Waals surface area contributed by atoms with Crippen molar-refractivity contribution in [1.29, 1.82) is 0 Å². The van der Waals surface area contributed by atoms with E-state index in [-0.39, 0.29) is 12.5 Å². The Balaban J connectivity index is 1.84. The van der Waals surface area contributed by atoms with E-state index in [1.54, 1.807) is 17.5 Å². The molecule has 90 valence electrons. The predicted octanol–water partition coefficient (Wildman–Crippen LogP) is 1.15. The van der Waals surface area contributed by atoms with Crippen molar-refractivity contribution >= 4 is 22.9 Å². The number of nitrogens with one attached hydrogen (secondary N) is 1. The van der Waals surface area contributed by atoms with E-state index in [9.17, 15) is 4.79 Å². The molecule has 0 aliphatic carbocycles. The number of aryl methyl sites for hydroxylation is 1. The summed E-state index contributed by atoms with van der Waals surface area (Å²) in [6.45, 7) is 2.80. The number of rotatable bonds is 4. The first-order valence-corrected chi connectivity index (χ1v) is 6.10. The summed E-state index contributed by atoms with van der Waals surface area (Å²) in [5.41, 5.74) is 7.28. The molecule has 1 amide bonds. The van der Waals surface area contributed by atoms with Crippen molar-refractivity contribution in [2.75, 3.05) is 5.73 Å². The predicted molar refractivity (Wildman–Crippen MR) is 67.5 cm³/mol. The first-order valence-electron chi connectivity index (χ1n) is 5.23. The highest BCUT2D eigenvalue weighted by molar-refractivity contribution is 7.10. The van der Waals surface area contributed by atoms with E-state index in [1.807, 2.05) is 18.4 Å². The highest BCUT2D eigenvalue weighted by Gasteiger charge is 2.05. The number of thiophene rings is 1. The molecule has 2 rings (SSSR count). The van der Waals surface area contributed by atoms with Crippen LogP contribution in [0, 0.1) is 6.92 Å². The summed E-state index contributed by atoms with van der Waals surface area (Å²) in [6.07, 6.45) is 3.16. The van der Waals surface area contributed by atoms with Gasteiger partial charge in [0.05, 0.1) is 18.4 Å². The second-order valence-corrected chi connectivity index (χ2v) is 4.78. The Kier molecular flexibility index (Phi) is 3.43. The summed E-state index contributed by atoms with van der Waals surface area (Å²) in [6, 6.07) is 2.04. The fourth-order valence-electron chi connectivity index (χ4n) is 1.43. The summed E-state index contributed by atoms with van der Waals surface area (Å²) < 4.78 is 1.52. The van der Waals surface area contributed by atoms with E-state index in [1.165, 1.54) is 21.3 Å². The van der Waals surface area contributed by atoms with Crippen molar-refractivity contribution in [3.63, 3.8) is 0 Å². The van der Waals surface area contributed by atoms with Crippen molar-refractivity contribution in [3.8, 4) is 0 Å². The third-order valence-corrected chi connectivity index (χ3v) is 3.40. The summed E-state index contributed by atoms with van der Waals surface area (Å²) in [7, 11) is 0. The molecule has 17 heavy (non-hydrogen) atoms. The maximum Gasteiger partial charge on any atom is 0.242 e. The molecule has 0 fully saturated rings. The van der Waals surface area contributed by atoms with Gasteiger partial charge in [0, 0.05) is 11.1 Å². The molecule has 3 N–H and O–H groups in total. The van der Waals surface area contributed by atoms with Gasteiger partial charge in [-0.3, -0.25) is 9.48 Å². The van der Waals surface area contributed by atoms with Gasteiger partial charge in [-0.05, 0) is 23.9 Å². The Morgan fingerprint density at radius 1 is 1.65 bits per heavy atom. The Labute approximate surface area is 103 Å². The Bertz CT molecular complexity index is 517. The quantitative estimate of drug-likeness (QED) is 0.855. The molecule has 5 nitrogen and oxygen atoms in total. The number of anilines is 1. The maximum absolute atomic E-state index is 11.6. The van der Waals surface area contributed by atoms with Crippen molar-refractivity contribution in [3.05, 3.63) is 34.3 Å². The fourth-order valence-corrected chi connectivity index (χ4v) is 2.28. The highest BCUT2D eigenvalue weighted by atomic mass is 32.1. The molecule has 2 aromatic rings. The van der Waals surface area contributed by atoms with Crippen LogP contribution in [0.5, 0.6) is 0 Å². The molecule has 0 bridgehead atoms. The van der Waals surface area contributed by atoms with Crippen LogP contribution in [0.25, 0.3) is 0 Å². The largest absolute Gasteiger partial charge is 0.396 e. The van der Waals surface area contributed by atoms with Crippen LogP contribution in [0.15, 0.2) is 23.8 Å². The number of carbonyl (C=O) groups is 1. The lowest BCUT2D eigenvalue weighted by Gasteiger charge is -2.04. The van der Waals surface area contributed by atoms with E-state index < -0.39 is 0 Å². The van der Waals surface area contributed by atoms with Crippen LogP contribution in [0.4, 0.5) is 5.69 Å². The van der Waals surface area contributed by atoms with Gasteiger partial charge < -0.3 is 11.1 Å². The van der Waals surface area contributed by atoms with Gasteiger partial charge in [0.25, 0.3) is 0 Å². The molecule has 0 aliphatic heterocycles. The molecule has 0 aromatic carbocycles. The van der Waals surface area contributed by atoms with Crippen LogP contribution in [0.2, 0.25) is 0 Å². The van der Waals surface area contributed by atoms with E-state index >= 15 is 0 Å². The molecule has 2 heterocycles. The minimum Gasteiger partial charge on any atom is -0.396 e. The van der Waals surface area contributed by atoms with Crippen molar-refractivity contribution in [2.45, 2.75) is 20.0 Å². The molecule has 0 radical (unpaired) electrons. The first kappa shape index (κ1) is 11.7. The van der Waals surface area contributed by atoms with E-state index in [0.717, 1.165) is 0 Å². The zero-order chi connectivity index (χ0) is 12.3. The van der Waals surface area contributed by atoms with Gasteiger partial charge >= 0.3 is 0 Å². The van der Waals surface area contributed by atoms with Gasteiger partial charge in [0.15, 0.2) is 0 Å². The third-order valence-electron chi connectivity index (χ3n) is 2.37. The molecule has 0 spiro atoms. The van der Waals surface area contributed by atoms with Crippen LogP contribution in [0.3, 0.4) is 0 Å². The molecular weight excluding hydrogens is 236 g/mol. The number of nitrogens with zero attached hydrogens (tertiary/aromatic N) is 2. The van der Waals surface area contributed by atoms with Crippen LogP contribution in [0.1, 0.15) is 10.4 Å². The van der Waals surface area contributed by atoms with Gasteiger partial charge in [-0.1, -0.05) is 0 Å². The average Bonchev–Trinajstić information content (AvgIpc) is 2.85. The standard InChI is InChI=1S/C11H14N4OS/c1-8-2-3-17-10(8)5-13-11(16)7-15-6-9(12)4-14-15/h2-4,6H,5,7,12H2,1H3,(H,13,16). The van der Waals surface area contributed by atoms with Crippen LogP contribution in [-0.4, -0.2) is 15.7 Å². The molecule has 0 saturated carbocycles. The zero-order valence-electron chi connectivity index (χ0n) is 9.51. The minimum absolute atomic E-state index is 0.0686.